The van der Waals surface area contributed by atoms with Crippen molar-refractivity contribution in [2.45, 2.75) is 18.3 Å². The Labute approximate surface area is 249 Å². The molecular weight excluding hydrogens is 682 g/mol. The number of aromatic amines is 1. The van der Waals surface area contributed by atoms with Gasteiger partial charge in [0.1, 0.15) is 22.7 Å². The summed E-state index contributed by atoms with van der Waals surface area (Å²) in [4.78, 5) is 80.3. The maximum absolute atomic E-state index is 13.6. The number of aliphatic hydroxyl groups excluding tert-OH is 2. The number of phenolic OH excluding ortho intramolecular Hbond substituents is 1. The number of H-pyrrole nitrogens is 1. The quantitative estimate of drug-likeness (QED) is 0.170. The molecule has 0 bridgehead atoms. The molecule has 2 aromatic rings. The van der Waals surface area contributed by atoms with Crippen LogP contribution in [0.5, 0.6) is 11.5 Å². The molecule has 0 aliphatic heterocycles. The first kappa shape index (κ1) is 27.8. The topological polar surface area (TPSA) is 188 Å². The Morgan fingerprint density at radius 2 is 1.64 bits per heavy atom. The monoisotopic (exact) mass is 697 g/mol. The molecule has 4 aliphatic rings. The van der Waals surface area contributed by atoms with E-state index in [1.54, 1.807) is 0 Å². The molecule has 13 heteroatoms. The van der Waals surface area contributed by atoms with Gasteiger partial charge in [0.25, 0.3) is 5.56 Å². The van der Waals surface area contributed by atoms with Crippen LogP contribution in [0.3, 0.4) is 0 Å². The minimum atomic E-state index is -2.02. The number of carbonyl (C=O) groups excluding carboxylic acids is 1. The fourth-order valence-electron chi connectivity index (χ4n) is 6.13. The predicted octanol–water partition coefficient (Wildman–Crippen LogP) is 0.253. The summed E-state index contributed by atoms with van der Waals surface area (Å²) in [6.07, 6.45) is 2.64. The van der Waals surface area contributed by atoms with Crippen LogP contribution in [0.25, 0.3) is 28.4 Å². The number of hydrogen-bond acceptors (Lipinski definition) is 10. The Bertz CT molecular complexity index is 2460. The average Bonchev–Trinajstić information content (AvgIpc) is 3.47. The Hall–Kier alpha value is -4.36. The van der Waals surface area contributed by atoms with Crippen LogP contribution in [0.1, 0.15) is 23.2 Å². The second-order valence-corrected chi connectivity index (χ2v) is 11.3. The molecule has 1 atom stereocenters. The second kappa shape index (κ2) is 9.33. The van der Waals surface area contributed by atoms with E-state index < -0.39 is 76.6 Å². The number of aromatic nitrogens is 1. The van der Waals surface area contributed by atoms with Gasteiger partial charge in [0.05, 0.1) is 38.7 Å². The van der Waals surface area contributed by atoms with Crippen LogP contribution in [0.4, 0.5) is 0 Å². The second-order valence-electron chi connectivity index (χ2n) is 9.96. The van der Waals surface area contributed by atoms with Gasteiger partial charge in [-0.2, -0.15) is 0 Å². The fourth-order valence-corrected chi connectivity index (χ4v) is 7.03. The van der Waals surface area contributed by atoms with Crippen LogP contribution in [0.15, 0.2) is 46.7 Å². The van der Waals surface area contributed by atoms with Gasteiger partial charge in [-0.05, 0) is 52.6 Å². The lowest BCUT2D eigenvalue weighted by Gasteiger charge is -2.27. The molecule has 0 radical (unpaired) electrons. The van der Waals surface area contributed by atoms with Gasteiger partial charge >= 0.3 is 0 Å². The predicted molar refractivity (Wildman–Crippen MR) is 159 cm³/mol. The normalized spacial score (nSPS) is 17.6. The number of nitrogens with one attached hydrogen (secondary N) is 1. The van der Waals surface area contributed by atoms with Crippen molar-refractivity contribution in [3.63, 3.8) is 0 Å². The molecular formula is C29H17Br2NO10. The molecule has 212 valence electrons. The highest BCUT2D eigenvalue weighted by molar-refractivity contribution is 9.10. The zero-order valence-corrected chi connectivity index (χ0v) is 24.6. The third-order valence-corrected chi connectivity index (χ3v) is 9.42. The van der Waals surface area contributed by atoms with Gasteiger partial charge in [-0.25, -0.2) is 0 Å². The van der Waals surface area contributed by atoms with E-state index in [1.807, 2.05) is 0 Å². The number of halogens is 2. The summed E-state index contributed by atoms with van der Waals surface area (Å²) < 4.78 is 5.23. The summed E-state index contributed by atoms with van der Waals surface area (Å²) in [5.74, 6) is -2.90. The molecule has 0 fully saturated rings. The maximum atomic E-state index is 13.6. The molecule has 1 aromatic heterocycles. The number of carbonyl (C=O) groups is 1. The zero-order chi connectivity index (χ0) is 30.4. The number of hydrogen-bond donors (Lipinski definition) is 4. The number of phenols is 1. The minimum absolute atomic E-state index is 0.0786. The number of aromatic hydroxyl groups is 1. The first-order chi connectivity index (χ1) is 19.9. The first-order valence-corrected chi connectivity index (χ1v) is 14.3. The summed E-state index contributed by atoms with van der Waals surface area (Å²) in [6, 6.07) is 2.30. The molecule has 1 aromatic carbocycles. The van der Waals surface area contributed by atoms with Crippen LogP contribution in [0, 0.1) is 10.4 Å². The van der Waals surface area contributed by atoms with E-state index >= 15 is 0 Å². The van der Waals surface area contributed by atoms with Crippen molar-refractivity contribution in [3.05, 3.63) is 112 Å². The number of alkyl halides is 1. The SMILES string of the molecule is COc1cc(=O)c2c(=O)c3c(c(=O)c=2c1=O)=C(O)C1(CCc2c1c(O)c1c(=O)[nH]c(/C=C/C(=O)CBr)cc1c2Br)C=3O. The smallest absolute Gasteiger partial charge is 0.260 e. The lowest BCUT2D eigenvalue weighted by molar-refractivity contribution is -0.112. The van der Waals surface area contributed by atoms with Gasteiger partial charge in [-0.15, -0.1) is 0 Å². The van der Waals surface area contributed by atoms with E-state index in [4.69, 9.17) is 4.74 Å². The van der Waals surface area contributed by atoms with Gasteiger partial charge in [-0.1, -0.05) is 15.9 Å². The average molecular weight is 699 g/mol. The van der Waals surface area contributed by atoms with Crippen LogP contribution in [0.2, 0.25) is 0 Å². The third-order valence-electron chi connectivity index (χ3n) is 7.96. The summed E-state index contributed by atoms with van der Waals surface area (Å²) in [7, 11) is 1.11. The molecule has 4 N–H and O–H groups in total. The molecule has 42 heavy (non-hydrogen) atoms. The van der Waals surface area contributed by atoms with Crippen LogP contribution in [-0.4, -0.2) is 38.5 Å². The van der Waals surface area contributed by atoms with Gasteiger partial charge < -0.3 is 25.0 Å². The molecule has 0 saturated carbocycles. The molecule has 4 aliphatic carbocycles. The van der Waals surface area contributed by atoms with Crippen molar-refractivity contribution in [3.8, 4) is 11.5 Å². The van der Waals surface area contributed by atoms with E-state index in [-0.39, 0.29) is 46.0 Å². The Morgan fingerprint density at radius 3 is 2.26 bits per heavy atom. The maximum Gasteiger partial charge on any atom is 0.260 e. The fraction of sp³-hybridized carbons (Fsp3) is 0.172. The van der Waals surface area contributed by atoms with Crippen molar-refractivity contribution < 1.29 is 24.9 Å². The molecule has 0 amide bonds. The largest absolute Gasteiger partial charge is 0.510 e. The summed E-state index contributed by atoms with van der Waals surface area (Å²) in [5, 5.41) is 31.9. The van der Waals surface area contributed by atoms with Gasteiger partial charge in [-0.3, -0.25) is 28.8 Å². The third kappa shape index (κ3) is 3.37. The molecule has 1 unspecified atom stereocenters. The lowest BCUT2D eigenvalue weighted by atomic mass is 9.78. The zero-order valence-electron chi connectivity index (χ0n) is 21.4. The van der Waals surface area contributed by atoms with Gasteiger partial charge in [0, 0.05) is 27.2 Å². The molecule has 1 spiro atoms. The van der Waals surface area contributed by atoms with Crippen molar-refractivity contribution in [1.29, 1.82) is 0 Å². The molecule has 1 heterocycles. The molecule has 6 rings (SSSR count). The summed E-state index contributed by atoms with van der Waals surface area (Å²) in [6.45, 7) is 0. The number of aliphatic hydroxyl groups is 2. The standard InChI is InChI=1S/C29H17Br2NO10/c1-42-14-7-13(34)16-17(22(14)35)24(37)19-18(23(16)36)26(39)29(27(19)40)5-4-11-20(29)25(38)15-12(21(11)31)6-9(32-28(15)41)2-3-10(33)8-30/h2-3,6-7,38-40H,4-5,8H2,1H3,(H,32,41)/b3-2+. The number of ketones is 1. The van der Waals surface area contributed by atoms with E-state index in [2.05, 4.69) is 36.8 Å². The molecule has 0 saturated heterocycles. The minimum Gasteiger partial charge on any atom is -0.510 e. The highest BCUT2D eigenvalue weighted by atomic mass is 79.9. The Kier molecular flexibility index (Phi) is 6.17. The highest BCUT2D eigenvalue weighted by Crippen LogP contribution is 2.56. The van der Waals surface area contributed by atoms with Gasteiger partial charge in [0.2, 0.25) is 16.3 Å². The van der Waals surface area contributed by atoms with Crippen molar-refractivity contribution >= 4 is 66.0 Å². The van der Waals surface area contributed by atoms with E-state index in [9.17, 15) is 44.1 Å². The number of methoxy groups -OCH3 is 1. The number of benzene rings is 1. The number of ether oxygens (including phenoxy) is 1. The van der Waals surface area contributed by atoms with Crippen molar-refractivity contribution in [2.24, 2.45) is 0 Å². The van der Waals surface area contributed by atoms with Gasteiger partial charge in [0.15, 0.2) is 17.0 Å². The van der Waals surface area contributed by atoms with E-state index in [0.717, 1.165) is 13.2 Å². The van der Waals surface area contributed by atoms with E-state index in [0.29, 0.717) is 10.0 Å². The number of rotatable bonds is 4. The highest BCUT2D eigenvalue weighted by Gasteiger charge is 2.53. The van der Waals surface area contributed by atoms with Crippen LogP contribution in [-0.2, 0) is 16.6 Å². The van der Waals surface area contributed by atoms with Crippen molar-refractivity contribution in [2.75, 3.05) is 12.4 Å². The van der Waals surface area contributed by atoms with Crippen LogP contribution >= 0.6 is 31.9 Å². The van der Waals surface area contributed by atoms with Crippen molar-refractivity contribution in [1.82, 2.24) is 4.98 Å². The first-order valence-electron chi connectivity index (χ1n) is 12.3. The molecule has 11 nitrogen and oxygen atoms in total. The number of fused-ring (bicyclic) bond motifs is 4. The summed E-state index contributed by atoms with van der Waals surface area (Å²) in [5.41, 5.74) is -6.52. The number of allylic oxidation sites excluding steroid dienone is 1. The van der Waals surface area contributed by atoms with Crippen LogP contribution < -0.4 is 42.4 Å². The van der Waals surface area contributed by atoms with E-state index in [1.165, 1.54) is 18.2 Å². The lowest BCUT2D eigenvalue weighted by Crippen LogP contribution is -2.51. The summed E-state index contributed by atoms with van der Waals surface area (Å²) >= 11 is 6.52. The number of pyridine rings is 1. The Morgan fingerprint density at radius 1 is 1.00 bits per heavy atom. The Balaban J connectivity index is 1.75.